The SMILES string of the molecule is CC(C)C(C(=O)O)C(C)(C)C(C)(C)C(c1ccccc1)C(C)C(C)(C)C#N. The van der Waals surface area contributed by atoms with Crippen molar-refractivity contribution < 1.29 is 9.90 Å². The van der Waals surface area contributed by atoms with Crippen LogP contribution in [-0.4, -0.2) is 11.1 Å². The number of hydrogen-bond donors (Lipinski definition) is 1. The molecule has 0 bridgehead atoms. The first kappa shape index (κ1) is 23.2. The lowest BCUT2D eigenvalue weighted by Gasteiger charge is -2.54. The largest absolute Gasteiger partial charge is 0.481 e. The average Bonchev–Trinajstić information content (AvgIpc) is 2.54. The summed E-state index contributed by atoms with van der Waals surface area (Å²) in [7, 11) is 0. The van der Waals surface area contributed by atoms with Crippen LogP contribution < -0.4 is 0 Å². The Kier molecular flexibility index (Phi) is 6.92. The minimum absolute atomic E-state index is 0.0208. The van der Waals surface area contributed by atoms with Crippen LogP contribution in [0.4, 0.5) is 0 Å². The second-order valence-electron chi connectivity index (χ2n) is 10.0. The van der Waals surface area contributed by atoms with Crippen molar-refractivity contribution in [3.8, 4) is 6.07 Å². The summed E-state index contributed by atoms with van der Waals surface area (Å²) >= 11 is 0. The van der Waals surface area contributed by atoms with Crippen molar-refractivity contribution in [3.63, 3.8) is 0 Å². The molecule has 3 heteroatoms. The molecule has 0 radical (unpaired) electrons. The Labute approximate surface area is 165 Å². The van der Waals surface area contributed by atoms with Gasteiger partial charge in [-0.3, -0.25) is 4.79 Å². The lowest BCUT2D eigenvalue weighted by atomic mass is 9.49. The smallest absolute Gasteiger partial charge is 0.307 e. The van der Waals surface area contributed by atoms with E-state index in [-0.39, 0.29) is 23.2 Å². The van der Waals surface area contributed by atoms with Crippen molar-refractivity contribution in [1.29, 1.82) is 5.26 Å². The van der Waals surface area contributed by atoms with Gasteiger partial charge in [0, 0.05) is 0 Å². The topological polar surface area (TPSA) is 61.1 Å². The summed E-state index contributed by atoms with van der Waals surface area (Å²) in [5, 5.41) is 19.8. The van der Waals surface area contributed by atoms with Gasteiger partial charge in [0.2, 0.25) is 0 Å². The molecule has 0 aliphatic rings. The Bertz CT molecular complexity index is 680. The van der Waals surface area contributed by atoms with E-state index in [1.807, 2.05) is 45.9 Å². The predicted octanol–water partition coefficient (Wildman–Crippen LogP) is 6.37. The number of carboxylic acid groups (broad SMARTS) is 1. The van der Waals surface area contributed by atoms with E-state index in [1.165, 1.54) is 5.56 Å². The number of carbonyl (C=O) groups is 1. The number of nitriles is 1. The molecule has 0 saturated heterocycles. The first-order valence-electron chi connectivity index (χ1n) is 9.90. The van der Waals surface area contributed by atoms with Crippen LogP contribution in [0.2, 0.25) is 0 Å². The van der Waals surface area contributed by atoms with Gasteiger partial charge in [0.25, 0.3) is 0 Å². The predicted molar refractivity (Wildman–Crippen MR) is 111 cm³/mol. The molecule has 0 amide bonds. The van der Waals surface area contributed by atoms with E-state index in [0.29, 0.717) is 0 Å². The third-order valence-corrected chi connectivity index (χ3v) is 7.23. The highest BCUT2D eigenvalue weighted by Crippen LogP contribution is 2.58. The van der Waals surface area contributed by atoms with Crippen LogP contribution in [-0.2, 0) is 4.79 Å². The minimum Gasteiger partial charge on any atom is -0.481 e. The Morgan fingerprint density at radius 3 is 1.81 bits per heavy atom. The summed E-state index contributed by atoms with van der Waals surface area (Å²) in [5.74, 6) is -1.10. The average molecular weight is 372 g/mol. The van der Waals surface area contributed by atoms with Crippen LogP contribution in [0.5, 0.6) is 0 Å². The highest BCUT2D eigenvalue weighted by molar-refractivity contribution is 5.71. The van der Waals surface area contributed by atoms with Gasteiger partial charge >= 0.3 is 5.97 Å². The molecule has 1 N–H and O–H groups in total. The van der Waals surface area contributed by atoms with Crippen LogP contribution in [0, 0.1) is 45.3 Å². The molecule has 1 aromatic carbocycles. The number of hydrogen-bond acceptors (Lipinski definition) is 2. The van der Waals surface area contributed by atoms with E-state index in [2.05, 4.69) is 52.8 Å². The molecule has 1 rings (SSSR count). The van der Waals surface area contributed by atoms with Crippen molar-refractivity contribution in [3.05, 3.63) is 35.9 Å². The summed E-state index contributed by atoms with van der Waals surface area (Å²) in [4.78, 5) is 12.2. The molecule has 0 heterocycles. The lowest BCUT2D eigenvalue weighted by Crippen LogP contribution is -2.50. The van der Waals surface area contributed by atoms with Gasteiger partial charge in [-0.2, -0.15) is 5.26 Å². The van der Waals surface area contributed by atoms with Gasteiger partial charge in [0.15, 0.2) is 0 Å². The molecule has 150 valence electrons. The summed E-state index contributed by atoms with van der Waals surface area (Å²) in [6.07, 6.45) is 0. The monoisotopic (exact) mass is 371 g/mol. The van der Waals surface area contributed by atoms with E-state index < -0.39 is 22.7 Å². The number of nitrogens with zero attached hydrogens (tertiary/aromatic N) is 1. The Balaban J connectivity index is 3.65. The van der Waals surface area contributed by atoms with Crippen LogP contribution in [0.15, 0.2) is 30.3 Å². The standard InChI is InChI=1S/C24H37NO2/c1-16(2)19(21(26)27)23(6,7)24(8,9)20(17(3)22(4,5)15-25)18-13-11-10-12-14-18/h10-14,16-17,19-20H,1-9H3,(H,26,27). The third-order valence-electron chi connectivity index (χ3n) is 7.23. The van der Waals surface area contributed by atoms with E-state index in [1.54, 1.807) is 0 Å². The molecule has 27 heavy (non-hydrogen) atoms. The number of carboxylic acids is 1. The zero-order valence-corrected chi connectivity index (χ0v) is 18.5. The summed E-state index contributed by atoms with van der Waals surface area (Å²) in [5.41, 5.74) is -0.188. The van der Waals surface area contributed by atoms with Crippen LogP contribution in [0.25, 0.3) is 0 Å². The van der Waals surface area contributed by atoms with Crippen molar-refractivity contribution in [2.75, 3.05) is 0 Å². The number of aliphatic carboxylic acids is 1. The quantitative estimate of drug-likeness (QED) is 0.578. The molecule has 1 aromatic rings. The molecule has 0 fully saturated rings. The molecule has 3 atom stereocenters. The number of benzene rings is 1. The Morgan fingerprint density at radius 1 is 0.963 bits per heavy atom. The summed E-state index contributed by atoms with van der Waals surface area (Å²) in [6, 6.07) is 12.7. The Hall–Kier alpha value is -1.82. The lowest BCUT2D eigenvalue weighted by molar-refractivity contribution is -0.154. The van der Waals surface area contributed by atoms with E-state index in [9.17, 15) is 15.2 Å². The van der Waals surface area contributed by atoms with Crippen molar-refractivity contribution >= 4 is 5.97 Å². The fraction of sp³-hybridized carbons (Fsp3) is 0.667. The summed E-state index contributed by atoms with van der Waals surface area (Å²) < 4.78 is 0. The maximum absolute atomic E-state index is 12.2. The zero-order valence-electron chi connectivity index (χ0n) is 18.5. The second kappa shape index (κ2) is 8.05. The van der Waals surface area contributed by atoms with Gasteiger partial charge in [-0.15, -0.1) is 0 Å². The fourth-order valence-corrected chi connectivity index (χ4v) is 4.74. The van der Waals surface area contributed by atoms with Gasteiger partial charge in [-0.05, 0) is 48.0 Å². The molecule has 0 saturated carbocycles. The van der Waals surface area contributed by atoms with Crippen LogP contribution >= 0.6 is 0 Å². The molecule has 3 unspecified atom stereocenters. The van der Waals surface area contributed by atoms with E-state index >= 15 is 0 Å². The van der Waals surface area contributed by atoms with Crippen molar-refractivity contribution in [2.45, 2.75) is 68.2 Å². The molecule has 0 aliphatic heterocycles. The highest BCUT2D eigenvalue weighted by atomic mass is 16.4. The first-order chi connectivity index (χ1) is 12.2. The maximum Gasteiger partial charge on any atom is 0.307 e. The van der Waals surface area contributed by atoms with Crippen molar-refractivity contribution in [2.24, 2.45) is 34.0 Å². The van der Waals surface area contributed by atoms with Gasteiger partial charge in [0.05, 0.1) is 17.4 Å². The van der Waals surface area contributed by atoms with Gasteiger partial charge < -0.3 is 5.11 Å². The maximum atomic E-state index is 12.2. The zero-order chi connectivity index (χ0) is 21.2. The highest BCUT2D eigenvalue weighted by Gasteiger charge is 2.54. The molecular formula is C24H37NO2. The van der Waals surface area contributed by atoms with E-state index in [0.717, 1.165) is 0 Å². The van der Waals surface area contributed by atoms with Crippen LogP contribution in [0.1, 0.15) is 73.8 Å². The van der Waals surface area contributed by atoms with Crippen molar-refractivity contribution in [1.82, 2.24) is 0 Å². The molecular weight excluding hydrogens is 334 g/mol. The second-order valence-corrected chi connectivity index (χ2v) is 10.0. The number of rotatable bonds is 8. The minimum atomic E-state index is -0.748. The van der Waals surface area contributed by atoms with Gasteiger partial charge in [-0.1, -0.05) is 78.8 Å². The third kappa shape index (κ3) is 4.37. The fourth-order valence-electron chi connectivity index (χ4n) is 4.74. The van der Waals surface area contributed by atoms with Gasteiger partial charge in [0.1, 0.15) is 0 Å². The molecule has 3 nitrogen and oxygen atoms in total. The van der Waals surface area contributed by atoms with Gasteiger partial charge in [-0.25, -0.2) is 0 Å². The van der Waals surface area contributed by atoms with E-state index in [4.69, 9.17) is 0 Å². The molecule has 0 aromatic heterocycles. The summed E-state index contributed by atoms with van der Waals surface area (Å²) in [6.45, 7) is 18.6. The molecule has 0 aliphatic carbocycles. The van der Waals surface area contributed by atoms with Crippen LogP contribution in [0.3, 0.4) is 0 Å². The Morgan fingerprint density at radius 2 is 1.44 bits per heavy atom. The normalized spacial score (nSPS) is 16.5. The molecule has 0 spiro atoms. The first-order valence-corrected chi connectivity index (χ1v) is 9.90.